The molecule has 0 aliphatic heterocycles. The van der Waals surface area contributed by atoms with Crippen LogP contribution in [-0.4, -0.2) is 38.8 Å². The smallest absolute Gasteiger partial charge is 0.108 e. The molecule has 0 unspecified atom stereocenters. The lowest BCUT2D eigenvalue weighted by Gasteiger charge is -2.23. The molecule has 0 aliphatic carbocycles. The highest BCUT2D eigenvalue weighted by molar-refractivity contribution is 5.29. The maximum Gasteiger partial charge on any atom is 0.108 e. The van der Waals surface area contributed by atoms with Gasteiger partial charge in [-0.25, -0.2) is 0 Å². The van der Waals surface area contributed by atoms with Crippen molar-refractivity contribution in [3.63, 3.8) is 0 Å². The lowest BCUT2D eigenvalue weighted by atomic mass is 10.0. The first-order chi connectivity index (χ1) is 11.6. The molecule has 130 valence electrons. The number of hydrogen-bond acceptors (Lipinski definition) is 1. The summed E-state index contributed by atoms with van der Waals surface area (Å²) in [4.78, 5) is 0. The van der Waals surface area contributed by atoms with Crippen LogP contribution in [0.25, 0.3) is 0 Å². The minimum atomic E-state index is 0.0404. The van der Waals surface area contributed by atoms with Crippen LogP contribution in [0.3, 0.4) is 0 Å². The van der Waals surface area contributed by atoms with Crippen LogP contribution < -0.4 is 0 Å². The maximum absolute atomic E-state index is 6.26. The number of rotatable bonds is 10. The van der Waals surface area contributed by atoms with Crippen LogP contribution in [0, 0.1) is 0 Å². The SMILES string of the molecule is C[N+](C)(C)CCCCCCOC(c1ccccc1)c1ccccc1. The fourth-order valence-electron chi connectivity index (χ4n) is 2.88. The van der Waals surface area contributed by atoms with Gasteiger partial charge in [0.2, 0.25) is 0 Å². The predicted molar refractivity (Wildman–Crippen MR) is 102 cm³/mol. The van der Waals surface area contributed by atoms with E-state index >= 15 is 0 Å². The van der Waals surface area contributed by atoms with Crippen molar-refractivity contribution < 1.29 is 9.22 Å². The Morgan fingerprint density at radius 3 is 1.71 bits per heavy atom. The summed E-state index contributed by atoms with van der Waals surface area (Å²) >= 11 is 0. The van der Waals surface area contributed by atoms with Gasteiger partial charge < -0.3 is 9.22 Å². The average molecular weight is 327 g/mol. The van der Waals surface area contributed by atoms with Crippen LogP contribution in [-0.2, 0) is 4.74 Å². The minimum Gasteiger partial charge on any atom is -0.369 e. The fraction of sp³-hybridized carbons (Fsp3) is 0.455. The van der Waals surface area contributed by atoms with Crippen LogP contribution in [0.4, 0.5) is 0 Å². The van der Waals surface area contributed by atoms with Crippen LogP contribution in [0.15, 0.2) is 60.7 Å². The van der Waals surface area contributed by atoms with E-state index in [1.54, 1.807) is 0 Å². The summed E-state index contributed by atoms with van der Waals surface area (Å²) in [5.74, 6) is 0. The third-order valence-electron chi connectivity index (χ3n) is 4.21. The Bertz CT molecular complexity index is 520. The molecule has 0 spiro atoms. The van der Waals surface area contributed by atoms with Gasteiger partial charge in [-0.3, -0.25) is 0 Å². The van der Waals surface area contributed by atoms with Gasteiger partial charge >= 0.3 is 0 Å². The standard InChI is InChI=1S/C22H32NO/c1-23(2,3)18-12-4-5-13-19-24-22(20-14-8-6-9-15-20)21-16-10-7-11-17-21/h6-11,14-17,22H,4-5,12-13,18-19H2,1-3H3/q+1. The van der Waals surface area contributed by atoms with Crippen molar-refractivity contribution >= 4 is 0 Å². The Morgan fingerprint density at radius 1 is 0.708 bits per heavy atom. The number of nitrogens with zero attached hydrogens (tertiary/aromatic N) is 1. The second kappa shape index (κ2) is 9.61. The third kappa shape index (κ3) is 6.86. The normalized spacial score (nSPS) is 11.8. The lowest BCUT2D eigenvalue weighted by molar-refractivity contribution is -0.870. The van der Waals surface area contributed by atoms with Crippen molar-refractivity contribution in [1.82, 2.24) is 0 Å². The largest absolute Gasteiger partial charge is 0.369 e. The monoisotopic (exact) mass is 326 g/mol. The van der Waals surface area contributed by atoms with Gasteiger partial charge in [0.1, 0.15) is 6.10 Å². The third-order valence-corrected chi connectivity index (χ3v) is 4.21. The summed E-state index contributed by atoms with van der Waals surface area (Å²) in [7, 11) is 6.77. The molecule has 2 aromatic carbocycles. The van der Waals surface area contributed by atoms with Crippen molar-refractivity contribution in [1.29, 1.82) is 0 Å². The van der Waals surface area contributed by atoms with E-state index in [1.165, 1.54) is 36.9 Å². The maximum atomic E-state index is 6.26. The summed E-state index contributed by atoms with van der Waals surface area (Å²) in [6.07, 6.45) is 5.01. The van der Waals surface area contributed by atoms with Crippen molar-refractivity contribution in [3.8, 4) is 0 Å². The van der Waals surface area contributed by atoms with Gasteiger partial charge in [0.15, 0.2) is 0 Å². The summed E-state index contributed by atoms with van der Waals surface area (Å²) < 4.78 is 7.31. The molecule has 0 atom stereocenters. The summed E-state index contributed by atoms with van der Waals surface area (Å²) in [5, 5.41) is 0. The highest BCUT2D eigenvalue weighted by Gasteiger charge is 2.14. The summed E-state index contributed by atoms with van der Waals surface area (Å²) in [6.45, 7) is 2.07. The van der Waals surface area contributed by atoms with E-state index in [9.17, 15) is 0 Å². The highest BCUT2D eigenvalue weighted by atomic mass is 16.5. The Labute approximate surface area is 147 Å². The van der Waals surface area contributed by atoms with E-state index in [1.807, 2.05) is 0 Å². The van der Waals surface area contributed by atoms with Gasteiger partial charge in [-0.05, 0) is 30.4 Å². The molecule has 2 nitrogen and oxygen atoms in total. The molecule has 2 rings (SSSR count). The van der Waals surface area contributed by atoms with Gasteiger partial charge in [-0.2, -0.15) is 0 Å². The zero-order chi connectivity index (χ0) is 17.3. The van der Waals surface area contributed by atoms with E-state index in [0.29, 0.717) is 0 Å². The second-order valence-electron chi connectivity index (χ2n) is 7.50. The second-order valence-corrected chi connectivity index (χ2v) is 7.50. The number of quaternary nitrogens is 1. The molecule has 0 N–H and O–H groups in total. The van der Waals surface area contributed by atoms with Gasteiger partial charge in [0.05, 0.1) is 27.7 Å². The molecule has 0 aromatic heterocycles. The van der Waals surface area contributed by atoms with Crippen LogP contribution in [0.1, 0.15) is 42.9 Å². The van der Waals surface area contributed by atoms with E-state index < -0.39 is 0 Å². The van der Waals surface area contributed by atoms with Crippen molar-refractivity contribution in [2.24, 2.45) is 0 Å². The zero-order valence-electron chi connectivity index (χ0n) is 15.4. The first-order valence-electron chi connectivity index (χ1n) is 9.08. The number of benzene rings is 2. The Balaban J connectivity index is 1.80. The van der Waals surface area contributed by atoms with Crippen molar-refractivity contribution in [2.45, 2.75) is 31.8 Å². The lowest BCUT2D eigenvalue weighted by Crippen LogP contribution is -2.35. The van der Waals surface area contributed by atoms with E-state index in [-0.39, 0.29) is 6.10 Å². The highest BCUT2D eigenvalue weighted by Crippen LogP contribution is 2.26. The Kier molecular flexibility index (Phi) is 7.48. The zero-order valence-corrected chi connectivity index (χ0v) is 15.4. The van der Waals surface area contributed by atoms with Gasteiger partial charge in [0.25, 0.3) is 0 Å². The molecule has 2 heteroatoms. The Hall–Kier alpha value is -1.64. The Morgan fingerprint density at radius 2 is 1.21 bits per heavy atom. The molecule has 0 saturated carbocycles. The first-order valence-corrected chi connectivity index (χ1v) is 9.08. The molecular formula is C22H32NO+. The van der Waals surface area contributed by atoms with E-state index in [4.69, 9.17) is 4.74 Å². The molecule has 0 fully saturated rings. The molecule has 2 aromatic rings. The first kappa shape index (κ1) is 18.7. The molecule has 0 heterocycles. The summed E-state index contributed by atoms with van der Waals surface area (Å²) in [6, 6.07) is 21.0. The van der Waals surface area contributed by atoms with Gasteiger partial charge in [-0.1, -0.05) is 67.1 Å². The van der Waals surface area contributed by atoms with Crippen LogP contribution in [0.2, 0.25) is 0 Å². The average Bonchev–Trinajstić information content (AvgIpc) is 2.58. The number of hydrogen-bond donors (Lipinski definition) is 0. The van der Waals surface area contributed by atoms with E-state index in [2.05, 4.69) is 81.8 Å². The number of ether oxygens (including phenoxy) is 1. The van der Waals surface area contributed by atoms with Crippen LogP contribution in [0.5, 0.6) is 0 Å². The molecule has 0 saturated heterocycles. The van der Waals surface area contributed by atoms with Crippen molar-refractivity contribution in [2.75, 3.05) is 34.3 Å². The quantitative estimate of drug-likeness (QED) is 0.438. The van der Waals surface area contributed by atoms with Gasteiger partial charge in [0, 0.05) is 6.61 Å². The molecule has 0 amide bonds. The molecule has 0 aliphatic rings. The van der Waals surface area contributed by atoms with Gasteiger partial charge in [-0.15, -0.1) is 0 Å². The van der Waals surface area contributed by atoms with E-state index in [0.717, 1.165) is 17.5 Å². The molecule has 24 heavy (non-hydrogen) atoms. The van der Waals surface area contributed by atoms with Crippen LogP contribution >= 0.6 is 0 Å². The number of unbranched alkanes of at least 4 members (excludes halogenated alkanes) is 3. The molecule has 0 radical (unpaired) electrons. The predicted octanol–water partition coefficient (Wildman–Crippen LogP) is 5.06. The summed E-state index contributed by atoms with van der Waals surface area (Å²) in [5.41, 5.74) is 2.46. The topological polar surface area (TPSA) is 9.23 Å². The fourth-order valence-corrected chi connectivity index (χ4v) is 2.88. The van der Waals surface area contributed by atoms with Crippen molar-refractivity contribution in [3.05, 3.63) is 71.8 Å². The molecule has 0 bridgehead atoms. The molecular weight excluding hydrogens is 294 g/mol. The minimum absolute atomic E-state index is 0.0404.